The van der Waals surface area contributed by atoms with Crippen LogP contribution in [-0.2, 0) is 13.5 Å². The number of carbonyl (C=O) groups excluding carboxylic acids is 1. The molecule has 3 N–H and O–H groups in total. The van der Waals surface area contributed by atoms with Crippen molar-refractivity contribution in [3.8, 4) is 0 Å². The summed E-state index contributed by atoms with van der Waals surface area (Å²) in [6.45, 7) is 0.780. The van der Waals surface area contributed by atoms with Crippen molar-refractivity contribution < 1.29 is 4.79 Å². The Morgan fingerprint density at radius 3 is 2.94 bits per heavy atom. The summed E-state index contributed by atoms with van der Waals surface area (Å²) < 4.78 is 1.85. The quantitative estimate of drug-likeness (QED) is 0.829. The largest absolute Gasteiger partial charge is 0.385 e. The molecule has 5 nitrogen and oxygen atoms in total. The maximum atomic E-state index is 11.0. The van der Waals surface area contributed by atoms with Crippen LogP contribution in [0.25, 0.3) is 0 Å². The number of hydrogen-bond acceptors (Lipinski definition) is 3. The van der Waals surface area contributed by atoms with Crippen LogP contribution in [0.15, 0.2) is 36.5 Å². The van der Waals surface area contributed by atoms with E-state index in [9.17, 15) is 4.79 Å². The summed E-state index contributed by atoms with van der Waals surface area (Å²) in [5.41, 5.74) is 7.80. The number of benzene rings is 1. The molecular weight excluding hydrogens is 228 g/mol. The van der Waals surface area contributed by atoms with E-state index in [0.717, 1.165) is 24.3 Å². The highest BCUT2D eigenvalue weighted by molar-refractivity contribution is 5.93. The third kappa shape index (κ3) is 2.88. The van der Waals surface area contributed by atoms with Crippen molar-refractivity contribution in [2.24, 2.45) is 12.8 Å². The highest BCUT2D eigenvalue weighted by Crippen LogP contribution is 2.10. The molecule has 0 fully saturated rings. The van der Waals surface area contributed by atoms with Gasteiger partial charge in [-0.2, -0.15) is 5.10 Å². The maximum absolute atomic E-state index is 11.0. The van der Waals surface area contributed by atoms with E-state index < -0.39 is 5.91 Å². The summed E-state index contributed by atoms with van der Waals surface area (Å²) in [5, 5.41) is 7.36. The fourth-order valence-electron chi connectivity index (χ4n) is 1.76. The lowest BCUT2D eigenvalue weighted by atomic mass is 10.2. The third-order valence-electron chi connectivity index (χ3n) is 2.78. The average Bonchev–Trinajstić information content (AvgIpc) is 2.76. The minimum Gasteiger partial charge on any atom is -0.385 e. The Hall–Kier alpha value is -2.30. The minimum atomic E-state index is -0.412. The normalized spacial score (nSPS) is 10.3. The van der Waals surface area contributed by atoms with E-state index in [-0.39, 0.29) is 0 Å². The van der Waals surface area contributed by atoms with E-state index in [1.807, 2.05) is 29.9 Å². The van der Waals surface area contributed by atoms with Crippen LogP contribution in [0, 0.1) is 0 Å². The second-order valence-corrected chi connectivity index (χ2v) is 4.07. The molecule has 94 valence electrons. The summed E-state index contributed by atoms with van der Waals surface area (Å²) in [7, 11) is 1.92. The monoisotopic (exact) mass is 244 g/mol. The van der Waals surface area contributed by atoms with Crippen LogP contribution in [0.3, 0.4) is 0 Å². The number of hydrogen-bond donors (Lipinski definition) is 2. The van der Waals surface area contributed by atoms with E-state index >= 15 is 0 Å². The molecule has 0 radical (unpaired) electrons. The fourth-order valence-corrected chi connectivity index (χ4v) is 1.76. The van der Waals surface area contributed by atoms with Crippen LogP contribution in [-0.4, -0.2) is 22.2 Å². The van der Waals surface area contributed by atoms with Gasteiger partial charge >= 0.3 is 0 Å². The number of aryl methyl sites for hydroxylation is 1. The van der Waals surface area contributed by atoms with Gasteiger partial charge in [-0.3, -0.25) is 9.48 Å². The minimum absolute atomic E-state index is 0.412. The van der Waals surface area contributed by atoms with Gasteiger partial charge in [-0.15, -0.1) is 0 Å². The van der Waals surface area contributed by atoms with Crippen LogP contribution in [0.1, 0.15) is 16.1 Å². The van der Waals surface area contributed by atoms with Crippen molar-refractivity contribution in [1.82, 2.24) is 9.78 Å². The molecule has 0 spiro atoms. The molecule has 1 amide bonds. The van der Waals surface area contributed by atoms with Gasteiger partial charge in [-0.25, -0.2) is 0 Å². The molecule has 0 aliphatic heterocycles. The number of nitrogens with zero attached hydrogens (tertiary/aromatic N) is 2. The van der Waals surface area contributed by atoms with Crippen LogP contribution < -0.4 is 11.1 Å². The van der Waals surface area contributed by atoms with Gasteiger partial charge in [0.25, 0.3) is 0 Å². The highest BCUT2D eigenvalue weighted by Gasteiger charge is 2.01. The average molecular weight is 244 g/mol. The Morgan fingerprint density at radius 1 is 1.44 bits per heavy atom. The Labute approximate surface area is 106 Å². The summed E-state index contributed by atoms with van der Waals surface area (Å²) in [5.74, 6) is -0.412. The van der Waals surface area contributed by atoms with E-state index in [1.54, 1.807) is 18.3 Å². The number of nitrogens with two attached hydrogens (primary N) is 1. The smallest absolute Gasteiger partial charge is 0.248 e. The van der Waals surface area contributed by atoms with E-state index in [2.05, 4.69) is 10.4 Å². The van der Waals surface area contributed by atoms with Crippen LogP contribution in [0.5, 0.6) is 0 Å². The molecule has 0 atom stereocenters. The Bertz CT molecular complexity index is 547. The predicted octanol–water partition coefficient (Wildman–Crippen LogP) is 1.17. The van der Waals surface area contributed by atoms with Gasteiger partial charge in [0, 0.05) is 43.2 Å². The number of primary amides is 1. The van der Waals surface area contributed by atoms with Gasteiger partial charge in [-0.1, -0.05) is 6.07 Å². The lowest BCUT2D eigenvalue weighted by molar-refractivity contribution is 0.100. The molecule has 0 unspecified atom stereocenters. The van der Waals surface area contributed by atoms with E-state index in [0.29, 0.717) is 5.56 Å². The van der Waals surface area contributed by atoms with Gasteiger partial charge in [0.2, 0.25) is 5.91 Å². The Kier molecular flexibility index (Phi) is 3.62. The first-order chi connectivity index (χ1) is 8.66. The molecule has 5 heteroatoms. The lowest BCUT2D eigenvalue weighted by Crippen LogP contribution is -2.12. The molecular formula is C13H16N4O. The van der Waals surface area contributed by atoms with Crippen molar-refractivity contribution >= 4 is 11.6 Å². The third-order valence-corrected chi connectivity index (χ3v) is 2.78. The molecule has 2 aromatic rings. The second kappa shape index (κ2) is 5.35. The number of carbonyl (C=O) groups is 1. The first-order valence-corrected chi connectivity index (χ1v) is 5.77. The van der Waals surface area contributed by atoms with Crippen molar-refractivity contribution in [1.29, 1.82) is 0 Å². The Balaban J connectivity index is 1.92. The van der Waals surface area contributed by atoms with Crippen molar-refractivity contribution in [2.45, 2.75) is 6.42 Å². The maximum Gasteiger partial charge on any atom is 0.248 e. The number of rotatable bonds is 5. The molecule has 18 heavy (non-hydrogen) atoms. The molecule has 0 aliphatic carbocycles. The molecule has 2 rings (SSSR count). The van der Waals surface area contributed by atoms with Crippen molar-refractivity contribution in [2.75, 3.05) is 11.9 Å². The molecule has 1 aromatic carbocycles. The molecule has 0 saturated carbocycles. The first-order valence-electron chi connectivity index (χ1n) is 5.77. The zero-order valence-corrected chi connectivity index (χ0v) is 10.3. The highest BCUT2D eigenvalue weighted by atomic mass is 16.1. The summed E-state index contributed by atoms with van der Waals surface area (Å²) in [6.07, 6.45) is 2.65. The SMILES string of the molecule is Cn1nccc1CCNc1cccc(C(N)=O)c1. The van der Waals surface area contributed by atoms with Crippen LogP contribution in [0.4, 0.5) is 5.69 Å². The van der Waals surface area contributed by atoms with Crippen molar-refractivity contribution in [3.05, 3.63) is 47.8 Å². The molecule has 0 aliphatic rings. The number of anilines is 1. The van der Waals surface area contributed by atoms with Crippen LogP contribution >= 0.6 is 0 Å². The van der Waals surface area contributed by atoms with Gasteiger partial charge in [-0.05, 0) is 24.3 Å². The standard InChI is InChI=1S/C13H16N4O/c1-17-12(6-8-16-17)5-7-15-11-4-2-3-10(9-11)13(14)18/h2-4,6,8-9,15H,5,7H2,1H3,(H2,14,18). The van der Waals surface area contributed by atoms with Gasteiger partial charge in [0.05, 0.1) is 0 Å². The van der Waals surface area contributed by atoms with E-state index in [4.69, 9.17) is 5.73 Å². The summed E-state index contributed by atoms with van der Waals surface area (Å²) in [6, 6.07) is 9.17. The zero-order valence-electron chi connectivity index (χ0n) is 10.3. The molecule has 0 saturated heterocycles. The molecule has 1 heterocycles. The second-order valence-electron chi connectivity index (χ2n) is 4.07. The number of nitrogens with one attached hydrogen (secondary N) is 1. The van der Waals surface area contributed by atoms with Gasteiger partial charge in [0.15, 0.2) is 0 Å². The Morgan fingerprint density at radius 2 is 2.28 bits per heavy atom. The van der Waals surface area contributed by atoms with E-state index in [1.165, 1.54) is 0 Å². The van der Waals surface area contributed by atoms with Crippen molar-refractivity contribution in [3.63, 3.8) is 0 Å². The predicted molar refractivity (Wildman–Crippen MR) is 70.4 cm³/mol. The van der Waals surface area contributed by atoms with Gasteiger partial charge < -0.3 is 11.1 Å². The fraction of sp³-hybridized carbons (Fsp3) is 0.231. The summed E-state index contributed by atoms with van der Waals surface area (Å²) >= 11 is 0. The summed E-state index contributed by atoms with van der Waals surface area (Å²) in [4.78, 5) is 11.0. The van der Waals surface area contributed by atoms with Crippen LogP contribution in [0.2, 0.25) is 0 Å². The first kappa shape index (κ1) is 12.2. The number of amides is 1. The topological polar surface area (TPSA) is 72.9 Å². The number of aromatic nitrogens is 2. The zero-order chi connectivity index (χ0) is 13.0. The molecule has 0 bridgehead atoms. The lowest BCUT2D eigenvalue weighted by Gasteiger charge is -2.07. The van der Waals surface area contributed by atoms with Gasteiger partial charge in [0.1, 0.15) is 0 Å². The molecule has 1 aromatic heterocycles.